The monoisotopic (exact) mass is 459 g/mol. The SMILES string of the molecule is c1ccc(-c2nc(-c3cccc(-c4cccc5c4ccc4cccnc45)c3)nc3ccccc23)cc1. The summed E-state index contributed by atoms with van der Waals surface area (Å²) in [5.41, 5.74) is 7.29. The molecule has 0 aliphatic heterocycles. The van der Waals surface area contributed by atoms with Gasteiger partial charge in [0.25, 0.3) is 0 Å². The van der Waals surface area contributed by atoms with E-state index in [1.165, 1.54) is 10.9 Å². The van der Waals surface area contributed by atoms with Crippen LogP contribution in [-0.2, 0) is 0 Å². The minimum atomic E-state index is 0.724. The number of hydrogen-bond acceptors (Lipinski definition) is 3. The topological polar surface area (TPSA) is 38.7 Å². The standard InChI is InChI=1S/C33H21N3/c1-2-9-22(10-3-1)32-29-14-4-5-17-30(29)35-33(36-32)25-12-6-11-24(21-25)26-15-7-16-28-27(26)19-18-23-13-8-20-34-31(23)28/h1-21H. The molecule has 0 atom stereocenters. The van der Waals surface area contributed by atoms with Crippen molar-refractivity contribution in [2.75, 3.05) is 0 Å². The van der Waals surface area contributed by atoms with Gasteiger partial charge in [-0.2, -0.15) is 0 Å². The van der Waals surface area contributed by atoms with Crippen LogP contribution in [0.1, 0.15) is 0 Å². The predicted octanol–water partition coefficient (Wildman–Crippen LogP) is 8.33. The van der Waals surface area contributed by atoms with Crippen molar-refractivity contribution in [1.82, 2.24) is 15.0 Å². The molecule has 2 aromatic heterocycles. The van der Waals surface area contributed by atoms with Crippen LogP contribution in [0.5, 0.6) is 0 Å². The van der Waals surface area contributed by atoms with Crippen LogP contribution in [0.2, 0.25) is 0 Å². The van der Waals surface area contributed by atoms with Gasteiger partial charge in [-0.15, -0.1) is 0 Å². The van der Waals surface area contributed by atoms with Crippen molar-refractivity contribution < 1.29 is 0 Å². The third-order valence-corrected chi connectivity index (χ3v) is 6.71. The highest BCUT2D eigenvalue weighted by molar-refractivity contribution is 6.10. The van der Waals surface area contributed by atoms with Gasteiger partial charge >= 0.3 is 0 Å². The van der Waals surface area contributed by atoms with Gasteiger partial charge in [0.2, 0.25) is 0 Å². The molecule has 2 heterocycles. The normalized spacial score (nSPS) is 11.3. The van der Waals surface area contributed by atoms with E-state index in [1.807, 2.05) is 42.6 Å². The molecule has 0 N–H and O–H groups in total. The molecule has 0 saturated carbocycles. The summed E-state index contributed by atoms with van der Waals surface area (Å²) in [5, 5.41) is 4.54. The highest BCUT2D eigenvalue weighted by Gasteiger charge is 2.13. The molecule has 0 aliphatic carbocycles. The fourth-order valence-corrected chi connectivity index (χ4v) is 5.00. The van der Waals surface area contributed by atoms with Crippen LogP contribution >= 0.6 is 0 Å². The first kappa shape index (κ1) is 20.5. The number of aromatic nitrogens is 3. The quantitative estimate of drug-likeness (QED) is 0.249. The Balaban J connectivity index is 1.42. The van der Waals surface area contributed by atoms with E-state index < -0.39 is 0 Å². The Labute approximate surface area is 208 Å². The molecule has 0 amide bonds. The largest absolute Gasteiger partial charge is 0.256 e. The van der Waals surface area contributed by atoms with Crippen molar-refractivity contribution in [2.24, 2.45) is 0 Å². The van der Waals surface area contributed by atoms with Crippen LogP contribution in [0.15, 0.2) is 128 Å². The van der Waals surface area contributed by atoms with Crippen molar-refractivity contribution in [3.8, 4) is 33.8 Å². The van der Waals surface area contributed by atoms with Gasteiger partial charge in [-0.05, 0) is 34.7 Å². The Bertz CT molecular complexity index is 1890. The summed E-state index contributed by atoms with van der Waals surface area (Å²) >= 11 is 0. The molecule has 7 rings (SSSR count). The first-order chi connectivity index (χ1) is 17.8. The number of benzene rings is 5. The summed E-state index contributed by atoms with van der Waals surface area (Å²) in [6, 6.07) is 41.9. The molecule has 3 nitrogen and oxygen atoms in total. The number of para-hydroxylation sites is 1. The zero-order valence-electron chi connectivity index (χ0n) is 19.5. The second kappa shape index (κ2) is 8.40. The molecule has 0 spiro atoms. The summed E-state index contributed by atoms with van der Waals surface area (Å²) in [7, 11) is 0. The van der Waals surface area contributed by atoms with E-state index in [9.17, 15) is 0 Å². The molecule has 7 aromatic rings. The zero-order chi connectivity index (χ0) is 23.9. The molecule has 5 aromatic carbocycles. The number of nitrogens with zero attached hydrogens (tertiary/aromatic N) is 3. The van der Waals surface area contributed by atoms with Crippen LogP contribution in [0.25, 0.3) is 66.4 Å². The van der Waals surface area contributed by atoms with Crippen molar-refractivity contribution in [3.63, 3.8) is 0 Å². The fraction of sp³-hybridized carbons (Fsp3) is 0. The average Bonchev–Trinajstić information content (AvgIpc) is 2.96. The molecule has 0 bridgehead atoms. The molecule has 0 unspecified atom stereocenters. The van der Waals surface area contributed by atoms with Gasteiger partial charge in [-0.3, -0.25) is 4.98 Å². The van der Waals surface area contributed by atoms with Gasteiger partial charge < -0.3 is 0 Å². The van der Waals surface area contributed by atoms with Gasteiger partial charge in [0.05, 0.1) is 16.7 Å². The lowest BCUT2D eigenvalue weighted by Crippen LogP contribution is -1.95. The molecule has 36 heavy (non-hydrogen) atoms. The lowest BCUT2D eigenvalue weighted by Gasteiger charge is -2.12. The minimum Gasteiger partial charge on any atom is -0.256 e. The van der Waals surface area contributed by atoms with Gasteiger partial charge in [-0.1, -0.05) is 103 Å². The van der Waals surface area contributed by atoms with E-state index in [0.717, 1.165) is 55.4 Å². The fourth-order valence-electron chi connectivity index (χ4n) is 5.00. The van der Waals surface area contributed by atoms with Crippen molar-refractivity contribution >= 4 is 32.6 Å². The van der Waals surface area contributed by atoms with Gasteiger partial charge in [0.1, 0.15) is 0 Å². The molecule has 0 radical (unpaired) electrons. The summed E-state index contributed by atoms with van der Waals surface area (Å²) in [6.07, 6.45) is 1.86. The summed E-state index contributed by atoms with van der Waals surface area (Å²) in [5.74, 6) is 0.724. The Kier molecular flexibility index (Phi) is 4.78. The summed E-state index contributed by atoms with van der Waals surface area (Å²) in [6.45, 7) is 0. The maximum absolute atomic E-state index is 5.06. The Morgan fingerprint density at radius 2 is 1.25 bits per heavy atom. The van der Waals surface area contributed by atoms with E-state index in [2.05, 4.69) is 89.9 Å². The van der Waals surface area contributed by atoms with Crippen LogP contribution in [0.3, 0.4) is 0 Å². The number of rotatable bonds is 3. The smallest absolute Gasteiger partial charge is 0.160 e. The highest BCUT2D eigenvalue weighted by atomic mass is 14.9. The van der Waals surface area contributed by atoms with E-state index in [-0.39, 0.29) is 0 Å². The molecular formula is C33H21N3. The maximum atomic E-state index is 5.06. The lowest BCUT2D eigenvalue weighted by atomic mass is 9.95. The predicted molar refractivity (Wildman–Crippen MR) is 149 cm³/mol. The van der Waals surface area contributed by atoms with Gasteiger partial charge in [-0.25, -0.2) is 9.97 Å². The Hall–Kier alpha value is -4.89. The maximum Gasteiger partial charge on any atom is 0.160 e. The van der Waals surface area contributed by atoms with Gasteiger partial charge in [0, 0.05) is 33.5 Å². The number of pyridine rings is 1. The number of hydrogen-bond donors (Lipinski definition) is 0. The van der Waals surface area contributed by atoms with E-state index in [0.29, 0.717) is 0 Å². The van der Waals surface area contributed by atoms with E-state index in [4.69, 9.17) is 9.97 Å². The van der Waals surface area contributed by atoms with E-state index >= 15 is 0 Å². The second-order valence-corrected chi connectivity index (χ2v) is 8.90. The van der Waals surface area contributed by atoms with Crippen molar-refractivity contribution in [1.29, 1.82) is 0 Å². The zero-order valence-corrected chi connectivity index (χ0v) is 19.5. The Morgan fingerprint density at radius 1 is 0.472 bits per heavy atom. The van der Waals surface area contributed by atoms with Crippen LogP contribution in [0.4, 0.5) is 0 Å². The van der Waals surface area contributed by atoms with Crippen LogP contribution < -0.4 is 0 Å². The van der Waals surface area contributed by atoms with Crippen molar-refractivity contribution in [3.05, 3.63) is 128 Å². The highest BCUT2D eigenvalue weighted by Crippen LogP contribution is 2.35. The third kappa shape index (κ3) is 3.41. The van der Waals surface area contributed by atoms with Gasteiger partial charge in [0.15, 0.2) is 5.82 Å². The molecule has 0 aliphatic rings. The Morgan fingerprint density at radius 3 is 2.19 bits per heavy atom. The molecule has 3 heteroatoms. The molecular weight excluding hydrogens is 438 g/mol. The van der Waals surface area contributed by atoms with Crippen LogP contribution in [0, 0.1) is 0 Å². The first-order valence-corrected chi connectivity index (χ1v) is 12.0. The first-order valence-electron chi connectivity index (χ1n) is 12.0. The third-order valence-electron chi connectivity index (χ3n) is 6.71. The van der Waals surface area contributed by atoms with Crippen molar-refractivity contribution in [2.45, 2.75) is 0 Å². The number of fused-ring (bicyclic) bond motifs is 4. The minimum absolute atomic E-state index is 0.724. The lowest BCUT2D eigenvalue weighted by molar-refractivity contribution is 1.23. The van der Waals surface area contributed by atoms with Crippen LogP contribution in [-0.4, -0.2) is 15.0 Å². The molecule has 0 fully saturated rings. The van der Waals surface area contributed by atoms with E-state index in [1.54, 1.807) is 0 Å². The second-order valence-electron chi connectivity index (χ2n) is 8.90. The summed E-state index contributed by atoms with van der Waals surface area (Å²) in [4.78, 5) is 14.7. The average molecular weight is 460 g/mol. The summed E-state index contributed by atoms with van der Waals surface area (Å²) < 4.78 is 0. The molecule has 168 valence electrons. The molecule has 0 saturated heterocycles.